The number of nitrogens with zero attached hydrogens (tertiary/aromatic N) is 2. The fraction of sp³-hybridized carbons (Fsp3) is 0.250. The number of H-pyrrole nitrogens is 1. The Hall–Kier alpha value is -3.66. The molecule has 0 aliphatic heterocycles. The number of hydrogen-bond donors (Lipinski definition) is 3. The maximum absolute atomic E-state index is 12.4. The number of hydrogen-bond acceptors (Lipinski definition) is 5. The normalized spacial score (nSPS) is 15.6. The van der Waals surface area contributed by atoms with Gasteiger partial charge in [-0.15, -0.1) is 0 Å². The maximum atomic E-state index is 12.4. The molecular weight excluding hydrogens is 488 g/mol. The van der Waals surface area contributed by atoms with E-state index in [1.54, 1.807) is 23.8 Å². The van der Waals surface area contributed by atoms with Crippen molar-refractivity contribution < 1.29 is 18.4 Å². The Morgan fingerprint density at radius 3 is 2.86 bits per heavy atom. The Bertz CT molecular complexity index is 1570. The molecular formula is C28H30N4O4S. The van der Waals surface area contributed by atoms with Gasteiger partial charge >= 0.3 is 0 Å². The molecule has 0 saturated heterocycles. The van der Waals surface area contributed by atoms with E-state index in [2.05, 4.69) is 40.3 Å². The van der Waals surface area contributed by atoms with Gasteiger partial charge in [0.15, 0.2) is 0 Å². The third-order valence-corrected chi connectivity index (χ3v) is 8.12. The van der Waals surface area contributed by atoms with Crippen LogP contribution in [0.25, 0.3) is 17.0 Å². The minimum Gasteiger partial charge on any atom is -0.361 e. The molecule has 3 N–H and O–H groups in total. The van der Waals surface area contributed by atoms with Gasteiger partial charge in [0.2, 0.25) is 10.0 Å². The summed E-state index contributed by atoms with van der Waals surface area (Å²) in [5.41, 5.74) is 8.01. The minimum atomic E-state index is -3.40. The highest BCUT2D eigenvalue weighted by Gasteiger charge is 2.29. The van der Waals surface area contributed by atoms with E-state index in [1.807, 2.05) is 24.3 Å². The third kappa shape index (κ3) is 5.39. The summed E-state index contributed by atoms with van der Waals surface area (Å²) in [6.45, 7) is 1.27. The van der Waals surface area contributed by atoms with Gasteiger partial charge in [-0.05, 0) is 65.8 Å². The molecule has 2 heterocycles. The highest BCUT2D eigenvalue weighted by Crippen LogP contribution is 2.37. The average Bonchev–Trinajstić information content (AvgIpc) is 3.63. The Morgan fingerprint density at radius 2 is 2.05 bits per heavy atom. The number of aryl methyl sites for hydroxylation is 1. The predicted molar refractivity (Wildman–Crippen MR) is 144 cm³/mol. The molecule has 9 heteroatoms. The van der Waals surface area contributed by atoms with Crippen LogP contribution in [0.1, 0.15) is 40.4 Å². The summed E-state index contributed by atoms with van der Waals surface area (Å²) in [7, 11) is -3.40. The smallest absolute Gasteiger partial charge is 0.267 e. The molecule has 2 aromatic carbocycles. The summed E-state index contributed by atoms with van der Waals surface area (Å²) >= 11 is 0. The average molecular weight is 519 g/mol. The highest BCUT2D eigenvalue weighted by molar-refractivity contribution is 7.89. The lowest BCUT2D eigenvalue weighted by Crippen LogP contribution is -2.31. The summed E-state index contributed by atoms with van der Waals surface area (Å²) in [4.78, 5) is 17.1. The zero-order valence-electron chi connectivity index (χ0n) is 20.6. The van der Waals surface area contributed by atoms with E-state index in [1.165, 1.54) is 38.4 Å². The van der Waals surface area contributed by atoms with E-state index in [4.69, 9.17) is 5.21 Å². The fourth-order valence-corrected chi connectivity index (χ4v) is 6.15. The van der Waals surface area contributed by atoms with Crippen molar-refractivity contribution in [3.63, 3.8) is 0 Å². The monoisotopic (exact) mass is 518 g/mol. The van der Waals surface area contributed by atoms with Gasteiger partial charge in [0.05, 0.1) is 6.26 Å². The van der Waals surface area contributed by atoms with E-state index < -0.39 is 15.9 Å². The van der Waals surface area contributed by atoms with Gasteiger partial charge < -0.3 is 4.98 Å². The van der Waals surface area contributed by atoms with E-state index in [9.17, 15) is 13.2 Å². The largest absolute Gasteiger partial charge is 0.361 e. The van der Waals surface area contributed by atoms with Crippen LogP contribution in [0.15, 0.2) is 73.1 Å². The van der Waals surface area contributed by atoms with Crippen molar-refractivity contribution in [1.82, 2.24) is 19.3 Å². The van der Waals surface area contributed by atoms with Crippen LogP contribution in [0.3, 0.4) is 0 Å². The highest BCUT2D eigenvalue weighted by atomic mass is 32.2. The summed E-state index contributed by atoms with van der Waals surface area (Å²) < 4.78 is 26.1. The van der Waals surface area contributed by atoms with Gasteiger partial charge in [0, 0.05) is 54.2 Å². The molecule has 192 valence electrons. The summed E-state index contributed by atoms with van der Waals surface area (Å²) in [5.74, 6) is -0.573. The number of carbonyl (C=O) groups is 1. The number of carbonyl (C=O) groups excluding carboxylic acids is 1. The first-order chi connectivity index (χ1) is 17.8. The molecule has 2 aromatic heterocycles. The van der Waals surface area contributed by atoms with Crippen LogP contribution in [0.2, 0.25) is 0 Å². The van der Waals surface area contributed by atoms with Crippen LogP contribution in [0, 0.1) is 0 Å². The van der Waals surface area contributed by atoms with E-state index in [0.717, 1.165) is 42.6 Å². The van der Waals surface area contributed by atoms with E-state index in [-0.39, 0.29) is 6.04 Å². The van der Waals surface area contributed by atoms with Gasteiger partial charge in [-0.1, -0.05) is 36.4 Å². The van der Waals surface area contributed by atoms with Crippen molar-refractivity contribution in [3.8, 4) is 0 Å². The number of hydroxylamine groups is 1. The standard InChI is InChI=1S/C28H30N4O4S/c1-37(35,36)32-15-4-5-23(32)19-31(16-14-22-18-29-26-7-3-2-6-24(22)26)27-12-10-21-17-20(8-11-25(21)27)9-13-28(33)30-34/h2-9,11,13,15,17-18,27,29,34H,10,12,14,16,19H2,1H3,(H,30,33)/b13-9+. The first kappa shape index (κ1) is 25.0. The molecule has 4 aromatic rings. The van der Waals surface area contributed by atoms with Crippen LogP contribution >= 0.6 is 0 Å². The summed E-state index contributed by atoms with van der Waals surface area (Å²) in [5, 5.41) is 9.92. The maximum Gasteiger partial charge on any atom is 0.267 e. The fourth-order valence-electron chi connectivity index (χ4n) is 5.31. The molecule has 0 fully saturated rings. The molecule has 1 aliphatic rings. The molecule has 1 aliphatic carbocycles. The van der Waals surface area contributed by atoms with Crippen molar-refractivity contribution in [2.75, 3.05) is 12.8 Å². The van der Waals surface area contributed by atoms with Crippen molar-refractivity contribution in [1.29, 1.82) is 0 Å². The Morgan fingerprint density at radius 1 is 1.22 bits per heavy atom. The second kappa shape index (κ2) is 10.4. The molecule has 8 nitrogen and oxygen atoms in total. The van der Waals surface area contributed by atoms with Gasteiger partial charge in [-0.25, -0.2) is 17.9 Å². The zero-order valence-corrected chi connectivity index (χ0v) is 21.4. The summed E-state index contributed by atoms with van der Waals surface area (Å²) in [6.07, 6.45) is 10.5. The first-order valence-electron chi connectivity index (χ1n) is 12.2. The van der Waals surface area contributed by atoms with Gasteiger partial charge in [-0.2, -0.15) is 0 Å². The van der Waals surface area contributed by atoms with Crippen molar-refractivity contribution in [3.05, 3.63) is 101 Å². The minimum absolute atomic E-state index is 0.141. The van der Waals surface area contributed by atoms with Gasteiger partial charge in [0.1, 0.15) is 0 Å². The number of fused-ring (bicyclic) bond motifs is 2. The van der Waals surface area contributed by atoms with Crippen molar-refractivity contribution >= 4 is 32.9 Å². The van der Waals surface area contributed by atoms with Gasteiger partial charge in [-0.3, -0.25) is 14.9 Å². The first-order valence-corrected chi connectivity index (χ1v) is 14.1. The number of aromatic amines is 1. The molecule has 1 atom stereocenters. The lowest BCUT2D eigenvalue weighted by atomic mass is 10.0. The topological polar surface area (TPSA) is 107 Å². The van der Waals surface area contributed by atoms with Crippen molar-refractivity contribution in [2.24, 2.45) is 0 Å². The molecule has 0 radical (unpaired) electrons. The number of nitrogens with one attached hydrogen (secondary N) is 2. The Balaban J connectivity index is 1.44. The third-order valence-electron chi connectivity index (χ3n) is 7.05. The predicted octanol–water partition coefficient (Wildman–Crippen LogP) is 4.03. The second-order valence-electron chi connectivity index (χ2n) is 9.46. The molecule has 37 heavy (non-hydrogen) atoms. The Labute approximate surface area is 216 Å². The molecule has 1 amide bonds. The SMILES string of the molecule is CS(=O)(=O)n1cccc1CN(CCc1c[nH]c2ccccc12)C1CCc2cc(/C=C/C(=O)NO)ccc21. The van der Waals surface area contributed by atoms with Crippen LogP contribution in [-0.2, 0) is 34.2 Å². The molecule has 0 bridgehead atoms. The van der Waals surface area contributed by atoms with E-state index in [0.29, 0.717) is 6.54 Å². The number of benzene rings is 2. The lowest BCUT2D eigenvalue weighted by molar-refractivity contribution is -0.124. The molecule has 1 unspecified atom stereocenters. The quantitative estimate of drug-likeness (QED) is 0.176. The van der Waals surface area contributed by atoms with Crippen LogP contribution in [0.4, 0.5) is 0 Å². The van der Waals surface area contributed by atoms with Crippen LogP contribution in [0.5, 0.6) is 0 Å². The Kier molecular flexibility index (Phi) is 7.01. The lowest BCUT2D eigenvalue weighted by Gasteiger charge is -2.30. The number of amides is 1. The number of para-hydroxylation sites is 1. The number of aromatic nitrogens is 2. The molecule has 0 spiro atoms. The second-order valence-corrected chi connectivity index (χ2v) is 11.3. The number of rotatable bonds is 9. The van der Waals surface area contributed by atoms with Crippen LogP contribution in [-0.4, -0.2) is 46.2 Å². The zero-order chi connectivity index (χ0) is 26.0. The van der Waals surface area contributed by atoms with E-state index >= 15 is 0 Å². The summed E-state index contributed by atoms with van der Waals surface area (Å²) in [6, 6.07) is 18.2. The van der Waals surface area contributed by atoms with Crippen LogP contribution < -0.4 is 5.48 Å². The van der Waals surface area contributed by atoms with Crippen molar-refractivity contribution in [2.45, 2.75) is 31.8 Å². The molecule has 0 saturated carbocycles. The van der Waals surface area contributed by atoms with Gasteiger partial charge in [0.25, 0.3) is 5.91 Å². The molecule has 5 rings (SSSR count).